The van der Waals surface area contributed by atoms with Crippen molar-refractivity contribution in [3.05, 3.63) is 45.1 Å². The number of amides is 1. The fourth-order valence-corrected chi connectivity index (χ4v) is 4.35. The van der Waals surface area contributed by atoms with E-state index < -0.39 is 0 Å². The average molecular weight is 345 g/mol. The standard InChI is InChI=1S/C19H23NO3S/c1-12-10-15(13(2)24-12)19(21)20-9-5-6-17(20)16-11-14(22-3)7-8-18(16)23-4/h7-8,10-11,17H,5-6,9H2,1-4H3. The van der Waals surface area contributed by atoms with Crippen LogP contribution in [0.1, 0.15) is 44.6 Å². The van der Waals surface area contributed by atoms with Crippen LogP contribution in [0, 0.1) is 13.8 Å². The number of likely N-dealkylation sites (tertiary alicyclic amines) is 1. The largest absolute Gasteiger partial charge is 0.497 e. The van der Waals surface area contributed by atoms with Crippen molar-refractivity contribution in [3.63, 3.8) is 0 Å². The summed E-state index contributed by atoms with van der Waals surface area (Å²) in [6, 6.07) is 7.81. The lowest BCUT2D eigenvalue weighted by atomic mass is 10.0. The molecule has 2 heterocycles. The maximum atomic E-state index is 13.1. The van der Waals surface area contributed by atoms with E-state index in [2.05, 4.69) is 0 Å². The van der Waals surface area contributed by atoms with Crippen molar-refractivity contribution in [1.82, 2.24) is 4.90 Å². The molecule has 1 atom stereocenters. The summed E-state index contributed by atoms with van der Waals surface area (Å²) in [4.78, 5) is 17.3. The first-order valence-corrected chi connectivity index (χ1v) is 8.96. The van der Waals surface area contributed by atoms with Crippen molar-refractivity contribution in [3.8, 4) is 11.5 Å². The average Bonchev–Trinajstić information content (AvgIpc) is 3.19. The molecule has 0 spiro atoms. The van der Waals surface area contributed by atoms with Gasteiger partial charge in [-0.05, 0) is 51.0 Å². The summed E-state index contributed by atoms with van der Waals surface area (Å²) >= 11 is 1.67. The second kappa shape index (κ2) is 6.85. The first kappa shape index (κ1) is 16.8. The number of hydrogen-bond donors (Lipinski definition) is 0. The summed E-state index contributed by atoms with van der Waals surface area (Å²) < 4.78 is 10.9. The van der Waals surface area contributed by atoms with Crippen LogP contribution in [0.15, 0.2) is 24.3 Å². The van der Waals surface area contributed by atoms with Gasteiger partial charge in [0.2, 0.25) is 0 Å². The molecule has 128 valence electrons. The molecule has 4 nitrogen and oxygen atoms in total. The summed E-state index contributed by atoms with van der Waals surface area (Å²) in [6.45, 7) is 4.83. The number of hydrogen-bond acceptors (Lipinski definition) is 4. The Bertz CT molecular complexity index is 753. The van der Waals surface area contributed by atoms with E-state index in [1.54, 1.807) is 25.6 Å². The van der Waals surface area contributed by atoms with Crippen LogP contribution in [-0.4, -0.2) is 31.6 Å². The number of carbonyl (C=O) groups is 1. The van der Waals surface area contributed by atoms with Crippen LogP contribution in [0.2, 0.25) is 0 Å². The monoisotopic (exact) mass is 345 g/mol. The normalized spacial score (nSPS) is 17.2. The van der Waals surface area contributed by atoms with Crippen LogP contribution in [0.4, 0.5) is 0 Å². The molecular weight excluding hydrogens is 322 g/mol. The van der Waals surface area contributed by atoms with E-state index >= 15 is 0 Å². The molecule has 24 heavy (non-hydrogen) atoms. The van der Waals surface area contributed by atoms with E-state index in [1.807, 2.05) is 43.0 Å². The number of benzene rings is 1. The molecule has 0 saturated carbocycles. The summed E-state index contributed by atoms with van der Waals surface area (Å²) in [6.07, 6.45) is 1.94. The quantitative estimate of drug-likeness (QED) is 0.826. The van der Waals surface area contributed by atoms with Gasteiger partial charge in [-0.3, -0.25) is 4.79 Å². The molecule has 0 N–H and O–H groups in total. The molecule has 1 aliphatic rings. The minimum Gasteiger partial charge on any atom is -0.497 e. The lowest BCUT2D eigenvalue weighted by molar-refractivity contribution is 0.0734. The Kier molecular flexibility index (Phi) is 4.81. The molecular formula is C19H23NO3S. The van der Waals surface area contributed by atoms with Gasteiger partial charge in [-0.15, -0.1) is 11.3 Å². The number of rotatable bonds is 4. The predicted octanol–water partition coefficient (Wildman–Crippen LogP) is 4.36. The third-order valence-electron chi connectivity index (χ3n) is 4.58. The molecule has 0 radical (unpaired) electrons. The smallest absolute Gasteiger partial charge is 0.255 e. The van der Waals surface area contributed by atoms with Gasteiger partial charge in [-0.2, -0.15) is 0 Å². The Balaban J connectivity index is 1.96. The zero-order valence-corrected chi connectivity index (χ0v) is 15.4. The number of ether oxygens (including phenoxy) is 2. The van der Waals surface area contributed by atoms with E-state index in [-0.39, 0.29) is 11.9 Å². The Morgan fingerprint density at radius 1 is 1.21 bits per heavy atom. The molecule has 1 aliphatic heterocycles. The third kappa shape index (κ3) is 3.00. The van der Waals surface area contributed by atoms with Gasteiger partial charge in [0.05, 0.1) is 25.8 Å². The molecule has 1 unspecified atom stereocenters. The highest BCUT2D eigenvalue weighted by Crippen LogP contribution is 2.40. The van der Waals surface area contributed by atoms with E-state index in [1.165, 1.54) is 4.88 Å². The van der Waals surface area contributed by atoms with Gasteiger partial charge in [0.25, 0.3) is 5.91 Å². The number of nitrogens with zero attached hydrogens (tertiary/aromatic N) is 1. The zero-order valence-electron chi connectivity index (χ0n) is 14.6. The maximum absolute atomic E-state index is 13.1. The fraction of sp³-hybridized carbons (Fsp3) is 0.421. The van der Waals surface area contributed by atoms with Gasteiger partial charge in [-0.1, -0.05) is 0 Å². The van der Waals surface area contributed by atoms with E-state index in [0.29, 0.717) is 0 Å². The second-order valence-corrected chi connectivity index (χ2v) is 7.55. The molecule has 1 amide bonds. The number of aryl methyl sites for hydroxylation is 2. The van der Waals surface area contributed by atoms with Crippen LogP contribution < -0.4 is 9.47 Å². The highest BCUT2D eigenvalue weighted by molar-refractivity contribution is 7.12. The molecule has 1 fully saturated rings. The molecule has 1 saturated heterocycles. The lowest BCUT2D eigenvalue weighted by Gasteiger charge is -2.26. The lowest BCUT2D eigenvalue weighted by Crippen LogP contribution is -2.30. The van der Waals surface area contributed by atoms with Gasteiger partial charge in [0, 0.05) is 21.9 Å². The Morgan fingerprint density at radius 3 is 2.62 bits per heavy atom. The molecule has 3 rings (SSSR count). The fourth-order valence-electron chi connectivity index (χ4n) is 3.43. The third-order valence-corrected chi connectivity index (χ3v) is 5.55. The molecule has 1 aromatic carbocycles. The van der Waals surface area contributed by atoms with Crippen LogP contribution in [0.5, 0.6) is 11.5 Å². The molecule has 0 bridgehead atoms. The summed E-state index contributed by atoms with van der Waals surface area (Å²) in [7, 11) is 3.32. The first-order valence-electron chi connectivity index (χ1n) is 8.15. The van der Waals surface area contributed by atoms with Gasteiger partial charge in [0.15, 0.2) is 0 Å². The molecule has 0 aliphatic carbocycles. The van der Waals surface area contributed by atoms with Crippen molar-refractivity contribution < 1.29 is 14.3 Å². The van der Waals surface area contributed by atoms with Crippen molar-refractivity contribution in [2.45, 2.75) is 32.7 Å². The van der Waals surface area contributed by atoms with Crippen LogP contribution in [0.25, 0.3) is 0 Å². The Labute approximate surface area is 147 Å². The maximum Gasteiger partial charge on any atom is 0.255 e. The van der Waals surface area contributed by atoms with E-state index in [4.69, 9.17) is 9.47 Å². The number of thiophene rings is 1. The Hall–Kier alpha value is -2.01. The van der Waals surface area contributed by atoms with Crippen molar-refractivity contribution in [1.29, 1.82) is 0 Å². The molecule has 5 heteroatoms. The minimum atomic E-state index is 0.0298. The predicted molar refractivity (Wildman–Crippen MR) is 96.4 cm³/mol. The van der Waals surface area contributed by atoms with Gasteiger partial charge >= 0.3 is 0 Å². The van der Waals surface area contributed by atoms with Gasteiger partial charge < -0.3 is 14.4 Å². The van der Waals surface area contributed by atoms with Crippen LogP contribution >= 0.6 is 11.3 Å². The van der Waals surface area contributed by atoms with Crippen LogP contribution in [-0.2, 0) is 0 Å². The Morgan fingerprint density at radius 2 is 2.00 bits per heavy atom. The number of methoxy groups -OCH3 is 2. The van der Waals surface area contributed by atoms with E-state index in [9.17, 15) is 4.79 Å². The SMILES string of the molecule is COc1ccc(OC)c(C2CCCN2C(=O)c2cc(C)sc2C)c1. The topological polar surface area (TPSA) is 38.8 Å². The minimum absolute atomic E-state index is 0.0298. The zero-order chi connectivity index (χ0) is 17.3. The summed E-state index contributed by atoms with van der Waals surface area (Å²) in [5, 5.41) is 0. The van der Waals surface area contributed by atoms with E-state index in [0.717, 1.165) is 46.9 Å². The van der Waals surface area contributed by atoms with Crippen LogP contribution in [0.3, 0.4) is 0 Å². The van der Waals surface area contributed by atoms with Gasteiger partial charge in [0.1, 0.15) is 11.5 Å². The second-order valence-electron chi connectivity index (χ2n) is 6.09. The van der Waals surface area contributed by atoms with Crippen molar-refractivity contribution in [2.24, 2.45) is 0 Å². The summed E-state index contributed by atoms with van der Waals surface area (Å²) in [5.74, 6) is 1.70. The highest BCUT2D eigenvalue weighted by Gasteiger charge is 2.33. The van der Waals surface area contributed by atoms with Gasteiger partial charge in [-0.25, -0.2) is 0 Å². The number of carbonyl (C=O) groups excluding carboxylic acids is 1. The highest BCUT2D eigenvalue weighted by atomic mass is 32.1. The molecule has 1 aromatic heterocycles. The van der Waals surface area contributed by atoms with Crippen molar-refractivity contribution in [2.75, 3.05) is 20.8 Å². The van der Waals surface area contributed by atoms with Crippen molar-refractivity contribution >= 4 is 17.2 Å². The summed E-state index contributed by atoms with van der Waals surface area (Å²) in [5.41, 5.74) is 1.85. The first-order chi connectivity index (χ1) is 11.5. The molecule has 2 aromatic rings.